The molecule has 4 rings (SSSR count). The van der Waals surface area contributed by atoms with Crippen LogP contribution in [0.2, 0.25) is 0 Å². The SMILES string of the molecule is O=CN1CCN(c2ccc(C(=O)N3CCN(c4ncccn4)CC3)nc2)CC1. The Bertz CT molecular complexity index is 799. The van der Waals surface area contributed by atoms with Crippen LogP contribution in [0.25, 0.3) is 0 Å². The van der Waals surface area contributed by atoms with Crippen LogP contribution < -0.4 is 9.80 Å². The maximum Gasteiger partial charge on any atom is 0.272 e. The van der Waals surface area contributed by atoms with Crippen LogP contribution >= 0.6 is 0 Å². The number of aromatic nitrogens is 3. The summed E-state index contributed by atoms with van der Waals surface area (Å²) < 4.78 is 0. The van der Waals surface area contributed by atoms with Crippen molar-refractivity contribution < 1.29 is 9.59 Å². The summed E-state index contributed by atoms with van der Waals surface area (Å²) in [5.41, 5.74) is 1.44. The molecule has 2 aromatic rings. The topological polar surface area (TPSA) is 85.8 Å². The Labute approximate surface area is 163 Å². The van der Waals surface area contributed by atoms with Crippen LogP contribution in [0.1, 0.15) is 10.5 Å². The fourth-order valence-corrected chi connectivity index (χ4v) is 3.51. The first-order chi connectivity index (χ1) is 13.7. The highest BCUT2D eigenvalue weighted by molar-refractivity contribution is 5.92. The molecule has 9 heteroatoms. The molecule has 0 bridgehead atoms. The largest absolute Gasteiger partial charge is 0.367 e. The molecule has 2 saturated heterocycles. The summed E-state index contributed by atoms with van der Waals surface area (Å²) in [6.45, 7) is 5.61. The number of nitrogens with zero attached hydrogens (tertiary/aromatic N) is 7. The van der Waals surface area contributed by atoms with E-state index in [0.717, 1.165) is 25.2 Å². The molecule has 2 amide bonds. The molecule has 0 aliphatic carbocycles. The summed E-state index contributed by atoms with van der Waals surface area (Å²) in [6, 6.07) is 5.52. The normalized spacial score (nSPS) is 17.6. The van der Waals surface area contributed by atoms with Gasteiger partial charge in [-0.25, -0.2) is 15.0 Å². The number of piperazine rings is 2. The van der Waals surface area contributed by atoms with Crippen LogP contribution in [0.5, 0.6) is 0 Å². The number of pyridine rings is 1. The molecule has 0 aromatic carbocycles. The van der Waals surface area contributed by atoms with E-state index >= 15 is 0 Å². The van der Waals surface area contributed by atoms with Crippen molar-refractivity contribution in [3.63, 3.8) is 0 Å². The van der Waals surface area contributed by atoms with E-state index in [9.17, 15) is 9.59 Å². The van der Waals surface area contributed by atoms with E-state index in [1.165, 1.54) is 0 Å². The van der Waals surface area contributed by atoms with Gasteiger partial charge in [-0.3, -0.25) is 9.59 Å². The Morgan fingerprint density at radius 3 is 2.14 bits per heavy atom. The molecule has 0 radical (unpaired) electrons. The maximum absolute atomic E-state index is 12.8. The van der Waals surface area contributed by atoms with Gasteiger partial charge in [-0.2, -0.15) is 0 Å². The summed E-state index contributed by atoms with van der Waals surface area (Å²) in [4.78, 5) is 44.4. The molecular weight excluding hydrogens is 358 g/mol. The van der Waals surface area contributed by atoms with Gasteiger partial charge in [0.1, 0.15) is 5.69 Å². The molecule has 2 aromatic heterocycles. The molecule has 28 heavy (non-hydrogen) atoms. The average Bonchev–Trinajstić information content (AvgIpc) is 2.79. The van der Waals surface area contributed by atoms with Crippen molar-refractivity contribution in [3.05, 3.63) is 42.5 Å². The van der Waals surface area contributed by atoms with Gasteiger partial charge in [0.2, 0.25) is 12.4 Å². The number of carbonyl (C=O) groups excluding carboxylic acids is 2. The highest BCUT2D eigenvalue weighted by Crippen LogP contribution is 2.17. The minimum Gasteiger partial charge on any atom is -0.367 e. The summed E-state index contributed by atoms with van der Waals surface area (Å²) in [5.74, 6) is 0.651. The zero-order chi connectivity index (χ0) is 19.3. The quantitative estimate of drug-likeness (QED) is 0.695. The molecule has 0 spiro atoms. The molecule has 2 aliphatic rings. The molecule has 2 fully saturated rings. The van der Waals surface area contributed by atoms with Gasteiger partial charge >= 0.3 is 0 Å². The lowest BCUT2D eigenvalue weighted by atomic mass is 10.2. The Morgan fingerprint density at radius 2 is 1.54 bits per heavy atom. The van der Waals surface area contributed by atoms with E-state index in [-0.39, 0.29) is 5.91 Å². The summed E-state index contributed by atoms with van der Waals surface area (Å²) in [5, 5.41) is 0. The first-order valence-corrected chi connectivity index (χ1v) is 9.46. The number of amides is 2. The van der Waals surface area contributed by atoms with Crippen LogP contribution in [0.3, 0.4) is 0 Å². The van der Waals surface area contributed by atoms with Gasteiger partial charge in [-0.15, -0.1) is 0 Å². The molecule has 2 aliphatic heterocycles. The smallest absolute Gasteiger partial charge is 0.272 e. The van der Waals surface area contributed by atoms with E-state index in [1.807, 2.05) is 11.0 Å². The number of carbonyl (C=O) groups is 2. The van der Waals surface area contributed by atoms with Gasteiger partial charge in [0, 0.05) is 64.8 Å². The Hall–Kier alpha value is -3.23. The highest BCUT2D eigenvalue weighted by Gasteiger charge is 2.24. The van der Waals surface area contributed by atoms with Crippen molar-refractivity contribution >= 4 is 24.0 Å². The second-order valence-corrected chi connectivity index (χ2v) is 6.86. The molecule has 9 nitrogen and oxygen atoms in total. The van der Waals surface area contributed by atoms with Crippen LogP contribution in [-0.4, -0.2) is 89.4 Å². The monoisotopic (exact) mass is 381 g/mol. The van der Waals surface area contributed by atoms with Crippen molar-refractivity contribution in [1.82, 2.24) is 24.8 Å². The molecule has 146 valence electrons. The standard InChI is InChI=1S/C19H23N7O2/c27-15-23-6-8-24(9-7-23)16-2-3-17(22-14-16)18(28)25-10-12-26(13-11-25)19-20-4-1-5-21-19/h1-5,14-15H,6-13H2. The van der Waals surface area contributed by atoms with Crippen molar-refractivity contribution in [2.75, 3.05) is 62.2 Å². The predicted octanol–water partition coefficient (Wildman–Crippen LogP) is 0.112. The number of hydrogen-bond donors (Lipinski definition) is 0. The lowest BCUT2D eigenvalue weighted by Crippen LogP contribution is -2.49. The van der Waals surface area contributed by atoms with Crippen molar-refractivity contribution in [2.45, 2.75) is 0 Å². The van der Waals surface area contributed by atoms with Gasteiger partial charge in [0.15, 0.2) is 0 Å². The van der Waals surface area contributed by atoms with Gasteiger partial charge in [-0.1, -0.05) is 0 Å². The highest BCUT2D eigenvalue weighted by atomic mass is 16.2. The molecule has 0 atom stereocenters. The molecule has 4 heterocycles. The third kappa shape index (κ3) is 3.88. The van der Waals surface area contributed by atoms with Gasteiger partial charge < -0.3 is 19.6 Å². The lowest BCUT2D eigenvalue weighted by Gasteiger charge is -2.35. The number of rotatable bonds is 4. The number of anilines is 2. The third-order valence-electron chi connectivity index (χ3n) is 5.20. The van der Waals surface area contributed by atoms with Gasteiger partial charge in [0.05, 0.1) is 11.9 Å². The first kappa shape index (κ1) is 18.1. The van der Waals surface area contributed by atoms with E-state index < -0.39 is 0 Å². The minimum absolute atomic E-state index is 0.0500. The van der Waals surface area contributed by atoms with E-state index in [1.54, 1.807) is 35.6 Å². The van der Waals surface area contributed by atoms with Crippen molar-refractivity contribution in [3.8, 4) is 0 Å². The summed E-state index contributed by atoms with van der Waals surface area (Å²) in [7, 11) is 0. The van der Waals surface area contributed by atoms with Crippen LogP contribution in [-0.2, 0) is 4.79 Å². The zero-order valence-electron chi connectivity index (χ0n) is 15.6. The van der Waals surface area contributed by atoms with E-state index in [0.29, 0.717) is 50.9 Å². The van der Waals surface area contributed by atoms with E-state index in [4.69, 9.17) is 0 Å². The van der Waals surface area contributed by atoms with Crippen LogP contribution in [0.4, 0.5) is 11.6 Å². The van der Waals surface area contributed by atoms with Crippen molar-refractivity contribution in [2.24, 2.45) is 0 Å². The van der Waals surface area contributed by atoms with E-state index in [2.05, 4.69) is 24.8 Å². The Kier molecular flexibility index (Phi) is 5.31. The predicted molar refractivity (Wildman–Crippen MR) is 104 cm³/mol. The Balaban J connectivity index is 1.33. The van der Waals surface area contributed by atoms with Crippen LogP contribution in [0, 0.1) is 0 Å². The van der Waals surface area contributed by atoms with Crippen molar-refractivity contribution in [1.29, 1.82) is 0 Å². The lowest BCUT2D eigenvalue weighted by molar-refractivity contribution is -0.118. The van der Waals surface area contributed by atoms with Gasteiger partial charge in [0.25, 0.3) is 5.91 Å². The molecular formula is C19H23N7O2. The summed E-state index contributed by atoms with van der Waals surface area (Å²) in [6.07, 6.45) is 6.09. The summed E-state index contributed by atoms with van der Waals surface area (Å²) >= 11 is 0. The Morgan fingerprint density at radius 1 is 0.857 bits per heavy atom. The zero-order valence-corrected chi connectivity index (χ0v) is 15.6. The number of hydrogen-bond acceptors (Lipinski definition) is 7. The van der Waals surface area contributed by atoms with Crippen LogP contribution in [0.15, 0.2) is 36.8 Å². The third-order valence-corrected chi connectivity index (χ3v) is 5.20. The minimum atomic E-state index is -0.0500. The average molecular weight is 381 g/mol. The maximum atomic E-state index is 12.8. The first-order valence-electron chi connectivity index (χ1n) is 9.46. The molecule has 0 saturated carbocycles. The molecule has 0 unspecified atom stereocenters. The second kappa shape index (κ2) is 8.20. The fourth-order valence-electron chi connectivity index (χ4n) is 3.51. The van der Waals surface area contributed by atoms with Gasteiger partial charge in [-0.05, 0) is 18.2 Å². The fraction of sp³-hybridized carbons (Fsp3) is 0.421. The molecule has 0 N–H and O–H groups in total. The second-order valence-electron chi connectivity index (χ2n) is 6.86.